The van der Waals surface area contributed by atoms with Crippen LogP contribution in [-0.2, 0) is 16.4 Å². The summed E-state index contributed by atoms with van der Waals surface area (Å²) in [6, 6.07) is 6.36. The van der Waals surface area contributed by atoms with Gasteiger partial charge in [-0.05, 0) is 37.0 Å². The first-order valence-corrected chi connectivity index (χ1v) is 8.21. The average molecular weight is 309 g/mol. The molecule has 0 aliphatic rings. The van der Waals surface area contributed by atoms with E-state index in [2.05, 4.69) is 39.2 Å². The van der Waals surface area contributed by atoms with Crippen LogP contribution in [0.3, 0.4) is 0 Å². The van der Waals surface area contributed by atoms with Crippen LogP contribution in [0.5, 0.6) is 0 Å². The van der Waals surface area contributed by atoms with Crippen LogP contribution in [0.25, 0.3) is 0 Å². The number of hydrogen-bond acceptors (Lipinski definition) is 5. The molecule has 0 bridgehead atoms. The summed E-state index contributed by atoms with van der Waals surface area (Å²) in [5.74, 6) is 0.832. The smallest absolute Gasteiger partial charge is 0.207 e. The van der Waals surface area contributed by atoms with Crippen molar-refractivity contribution in [3.8, 4) is 0 Å². The molecule has 1 heterocycles. The molecular weight excluding hydrogens is 290 g/mol. The molecule has 1 unspecified atom stereocenters. The predicted octanol–water partition coefficient (Wildman–Crippen LogP) is 1.44. The van der Waals surface area contributed by atoms with Crippen LogP contribution < -0.4 is 4.72 Å². The number of benzene rings is 1. The van der Waals surface area contributed by atoms with E-state index in [9.17, 15) is 8.42 Å². The van der Waals surface area contributed by atoms with E-state index in [1.807, 2.05) is 12.1 Å². The molecule has 0 amide bonds. The van der Waals surface area contributed by atoms with Gasteiger partial charge in [-0.3, -0.25) is 0 Å². The second-order valence-electron chi connectivity index (χ2n) is 5.35. The third-order valence-corrected chi connectivity index (χ3v) is 4.52. The minimum atomic E-state index is -3.60. The Hall–Kier alpha value is -1.80. The molecule has 114 valence electrons. The fraction of sp³-hybridized carbons (Fsp3) is 0.462. The van der Waals surface area contributed by atoms with Crippen LogP contribution >= 0.6 is 0 Å². The van der Waals surface area contributed by atoms with Gasteiger partial charge in [-0.15, -0.1) is 10.2 Å². The van der Waals surface area contributed by atoms with Crippen molar-refractivity contribution in [2.45, 2.75) is 38.1 Å². The Morgan fingerprint density at radius 3 is 2.38 bits per heavy atom. The standard InChI is InChI=1S/C13H19N5O2S/c1-9(2)8-11-4-6-12(7-5-11)21(19,20)16-10(3)13-14-17-18-15-13/h4-7,9-10,16H,8H2,1-3H3,(H,14,15,17,18). The second kappa shape index (κ2) is 6.31. The lowest BCUT2D eigenvalue weighted by Gasteiger charge is -2.11. The van der Waals surface area contributed by atoms with Gasteiger partial charge < -0.3 is 0 Å². The molecule has 0 aliphatic carbocycles. The van der Waals surface area contributed by atoms with Crippen molar-refractivity contribution in [1.29, 1.82) is 0 Å². The van der Waals surface area contributed by atoms with Gasteiger partial charge in [-0.2, -0.15) is 5.21 Å². The number of H-pyrrole nitrogens is 1. The summed E-state index contributed by atoms with van der Waals surface area (Å²) in [5, 5.41) is 13.2. The summed E-state index contributed by atoms with van der Waals surface area (Å²) in [5.41, 5.74) is 1.12. The number of nitrogens with zero attached hydrogens (tertiary/aromatic N) is 3. The van der Waals surface area contributed by atoms with Crippen LogP contribution in [0, 0.1) is 5.92 Å². The zero-order valence-electron chi connectivity index (χ0n) is 12.2. The van der Waals surface area contributed by atoms with Gasteiger partial charge in [-0.1, -0.05) is 31.2 Å². The molecule has 0 aliphatic heterocycles. The minimum absolute atomic E-state index is 0.227. The normalized spacial score (nSPS) is 13.5. The third-order valence-electron chi connectivity index (χ3n) is 2.96. The lowest BCUT2D eigenvalue weighted by atomic mass is 10.0. The molecule has 0 fully saturated rings. The maximum Gasteiger partial charge on any atom is 0.241 e. The molecule has 1 atom stereocenters. The van der Waals surface area contributed by atoms with Gasteiger partial charge in [0.2, 0.25) is 10.0 Å². The first-order valence-electron chi connectivity index (χ1n) is 6.73. The lowest BCUT2D eigenvalue weighted by molar-refractivity contribution is 0.560. The fourth-order valence-corrected chi connectivity index (χ4v) is 3.18. The molecule has 1 aromatic heterocycles. The molecule has 0 radical (unpaired) electrons. The van der Waals surface area contributed by atoms with E-state index in [1.54, 1.807) is 19.1 Å². The van der Waals surface area contributed by atoms with Crippen molar-refractivity contribution < 1.29 is 8.42 Å². The molecule has 0 spiro atoms. The summed E-state index contributed by atoms with van der Waals surface area (Å²) >= 11 is 0. The molecule has 2 aromatic rings. The van der Waals surface area contributed by atoms with Crippen LogP contribution in [0.15, 0.2) is 29.2 Å². The van der Waals surface area contributed by atoms with E-state index in [1.165, 1.54) is 0 Å². The van der Waals surface area contributed by atoms with Crippen molar-refractivity contribution in [3.63, 3.8) is 0 Å². The van der Waals surface area contributed by atoms with Crippen LogP contribution in [0.1, 0.15) is 38.2 Å². The maximum absolute atomic E-state index is 12.3. The van der Waals surface area contributed by atoms with E-state index in [4.69, 9.17) is 0 Å². The average Bonchev–Trinajstić information content (AvgIpc) is 2.92. The number of aromatic amines is 1. The summed E-state index contributed by atoms with van der Waals surface area (Å²) in [4.78, 5) is 0.227. The topological polar surface area (TPSA) is 101 Å². The minimum Gasteiger partial charge on any atom is -0.207 e. The monoisotopic (exact) mass is 309 g/mol. The molecule has 0 saturated carbocycles. The summed E-state index contributed by atoms with van der Waals surface area (Å²) in [6.07, 6.45) is 0.924. The molecule has 8 heteroatoms. The van der Waals surface area contributed by atoms with Crippen LogP contribution in [-0.4, -0.2) is 29.0 Å². The SMILES string of the molecule is CC(C)Cc1ccc(S(=O)(=O)NC(C)c2nn[nH]n2)cc1. The van der Waals surface area contributed by atoms with Crippen molar-refractivity contribution >= 4 is 10.0 Å². The largest absolute Gasteiger partial charge is 0.241 e. The number of rotatable bonds is 6. The first kappa shape index (κ1) is 15.6. The number of aromatic nitrogens is 4. The summed E-state index contributed by atoms with van der Waals surface area (Å²) in [6.45, 7) is 5.91. The van der Waals surface area contributed by atoms with Gasteiger partial charge in [0.15, 0.2) is 5.82 Å². The molecular formula is C13H19N5O2S. The Morgan fingerprint density at radius 2 is 1.86 bits per heavy atom. The van der Waals surface area contributed by atoms with Crippen LogP contribution in [0.2, 0.25) is 0 Å². The van der Waals surface area contributed by atoms with E-state index in [0.717, 1.165) is 12.0 Å². The molecule has 21 heavy (non-hydrogen) atoms. The molecule has 0 saturated heterocycles. The quantitative estimate of drug-likeness (QED) is 0.841. The van der Waals surface area contributed by atoms with Gasteiger partial charge in [0, 0.05) is 0 Å². The van der Waals surface area contributed by atoms with E-state index >= 15 is 0 Å². The Kier molecular flexibility index (Phi) is 4.69. The zero-order valence-corrected chi connectivity index (χ0v) is 13.1. The lowest BCUT2D eigenvalue weighted by Crippen LogP contribution is -2.27. The van der Waals surface area contributed by atoms with Gasteiger partial charge >= 0.3 is 0 Å². The highest BCUT2D eigenvalue weighted by atomic mass is 32.2. The number of tetrazole rings is 1. The van der Waals surface area contributed by atoms with Crippen molar-refractivity contribution in [2.75, 3.05) is 0 Å². The third kappa shape index (κ3) is 4.08. The van der Waals surface area contributed by atoms with E-state index in [0.29, 0.717) is 11.7 Å². The van der Waals surface area contributed by atoms with E-state index < -0.39 is 16.1 Å². The molecule has 7 nitrogen and oxygen atoms in total. The Bertz CT molecular complexity index is 665. The highest BCUT2D eigenvalue weighted by Crippen LogP contribution is 2.16. The van der Waals surface area contributed by atoms with Crippen LogP contribution in [0.4, 0.5) is 0 Å². The highest BCUT2D eigenvalue weighted by Gasteiger charge is 2.20. The number of sulfonamides is 1. The molecule has 2 rings (SSSR count). The maximum atomic E-state index is 12.3. The first-order chi connectivity index (χ1) is 9.88. The van der Waals surface area contributed by atoms with Gasteiger partial charge in [-0.25, -0.2) is 13.1 Å². The molecule has 1 aromatic carbocycles. The Morgan fingerprint density at radius 1 is 1.19 bits per heavy atom. The predicted molar refractivity (Wildman–Crippen MR) is 77.9 cm³/mol. The van der Waals surface area contributed by atoms with Gasteiger partial charge in [0.1, 0.15) is 0 Å². The van der Waals surface area contributed by atoms with Gasteiger partial charge in [0.25, 0.3) is 0 Å². The summed E-state index contributed by atoms with van der Waals surface area (Å²) < 4.78 is 27.1. The Balaban J connectivity index is 2.12. The summed E-state index contributed by atoms with van der Waals surface area (Å²) in [7, 11) is -3.60. The Labute approximate surface area is 124 Å². The van der Waals surface area contributed by atoms with Gasteiger partial charge in [0.05, 0.1) is 10.9 Å². The van der Waals surface area contributed by atoms with E-state index in [-0.39, 0.29) is 4.90 Å². The molecule has 2 N–H and O–H groups in total. The highest BCUT2D eigenvalue weighted by molar-refractivity contribution is 7.89. The van der Waals surface area contributed by atoms with Crippen molar-refractivity contribution in [2.24, 2.45) is 5.92 Å². The zero-order chi connectivity index (χ0) is 15.5. The number of nitrogens with one attached hydrogen (secondary N) is 2. The van der Waals surface area contributed by atoms with Crippen molar-refractivity contribution in [1.82, 2.24) is 25.3 Å². The van der Waals surface area contributed by atoms with Crippen molar-refractivity contribution in [3.05, 3.63) is 35.7 Å². The second-order valence-corrected chi connectivity index (χ2v) is 7.07. The fourth-order valence-electron chi connectivity index (χ4n) is 1.98. The number of hydrogen-bond donors (Lipinski definition) is 2.